The van der Waals surface area contributed by atoms with Crippen LogP contribution in [0.15, 0.2) is 12.4 Å². The number of ether oxygens (including phenoxy) is 1. The van der Waals surface area contributed by atoms with Gasteiger partial charge in [-0.25, -0.2) is 10.4 Å². The van der Waals surface area contributed by atoms with Crippen LogP contribution in [0.4, 0.5) is 13.2 Å². The lowest BCUT2D eigenvalue weighted by molar-refractivity contribution is -0.175. The largest absolute Gasteiger partial charge is 0.411 e. The molecule has 17 heavy (non-hydrogen) atoms. The summed E-state index contributed by atoms with van der Waals surface area (Å²) in [7, 11) is 0. The van der Waals surface area contributed by atoms with Crippen LogP contribution >= 0.6 is 0 Å². The molecule has 5 nitrogen and oxygen atoms in total. The molecule has 98 valence electrons. The van der Waals surface area contributed by atoms with Crippen molar-refractivity contribution in [2.75, 3.05) is 13.2 Å². The fourth-order valence-corrected chi connectivity index (χ4v) is 1.39. The van der Waals surface area contributed by atoms with E-state index in [1.165, 1.54) is 0 Å². The minimum atomic E-state index is -4.33. The number of aryl methyl sites for hydroxylation is 1. The normalized spacial score (nSPS) is 13.9. The molecule has 0 aliphatic heterocycles. The molecule has 0 aromatic carbocycles. The third kappa shape index (κ3) is 4.33. The van der Waals surface area contributed by atoms with Crippen LogP contribution in [0.5, 0.6) is 0 Å². The number of imidazole rings is 1. The molecule has 0 saturated heterocycles. The predicted molar refractivity (Wildman–Crippen MR) is 54.8 cm³/mol. The SMILES string of the molecule is CCn1ccnc1C(COCC(F)(F)F)NN. The Hall–Kier alpha value is -1.12. The Morgan fingerprint density at radius 3 is 2.82 bits per heavy atom. The fraction of sp³-hybridized carbons (Fsp3) is 0.667. The number of aromatic nitrogens is 2. The van der Waals surface area contributed by atoms with Gasteiger partial charge in [0.05, 0.1) is 6.61 Å². The summed E-state index contributed by atoms with van der Waals surface area (Å²) in [6, 6.07) is -0.563. The number of hydrogen-bond donors (Lipinski definition) is 2. The van der Waals surface area contributed by atoms with Crippen LogP contribution in [-0.2, 0) is 11.3 Å². The summed E-state index contributed by atoms with van der Waals surface area (Å²) in [5.74, 6) is 5.83. The number of hydrogen-bond acceptors (Lipinski definition) is 4. The van der Waals surface area contributed by atoms with Crippen molar-refractivity contribution in [3.8, 4) is 0 Å². The second kappa shape index (κ2) is 5.99. The lowest BCUT2D eigenvalue weighted by Gasteiger charge is -2.17. The van der Waals surface area contributed by atoms with Gasteiger partial charge in [-0.15, -0.1) is 0 Å². The third-order valence-electron chi connectivity index (χ3n) is 2.15. The number of alkyl halides is 3. The minimum Gasteiger partial charge on any atom is -0.370 e. The first kappa shape index (κ1) is 13.9. The number of nitrogens with one attached hydrogen (secondary N) is 1. The number of rotatable bonds is 6. The Morgan fingerprint density at radius 2 is 2.29 bits per heavy atom. The van der Waals surface area contributed by atoms with Gasteiger partial charge in [0, 0.05) is 18.9 Å². The number of nitrogens with two attached hydrogens (primary N) is 1. The molecule has 0 aliphatic rings. The van der Waals surface area contributed by atoms with E-state index in [-0.39, 0.29) is 6.61 Å². The predicted octanol–water partition coefficient (Wildman–Crippen LogP) is 0.986. The van der Waals surface area contributed by atoms with E-state index < -0.39 is 18.8 Å². The van der Waals surface area contributed by atoms with E-state index in [4.69, 9.17) is 5.84 Å². The molecule has 0 radical (unpaired) electrons. The van der Waals surface area contributed by atoms with E-state index in [1.807, 2.05) is 6.92 Å². The molecular formula is C9H15F3N4O. The maximum absolute atomic E-state index is 11.9. The summed E-state index contributed by atoms with van der Waals surface area (Å²) in [5, 5.41) is 0. The lowest BCUT2D eigenvalue weighted by Crippen LogP contribution is -2.34. The average Bonchev–Trinajstić information content (AvgIpc) is 2.70. The molecular weight excluding hydrogens is 237 g/mol. The highest BCUT2D eigenvalue weighted by atomic mass is 19.4. The van der Waals surface area contributed by atoms with E-state index in [0.29, 0.717) is 12.4 Å². The summed E-state index contributed by atoms with van der Waals surface area (Å²) >= 11 is 0. The Bertz CT molecular complexity index is 339. The summed E-state index contributed by atoms with van der Waals surface area (Å²) in [4.78, 5) is 4.03. The van der Waals surface area contributed by atoms with E-state index >= 15 is 0 Å². The molecule has 0 fully saturated rings. The van der Waals surface area contributed by atoms with Crippen LogP contribution in [0.25, 0.3) is 0 Å². The molecule has 1 aromatic heterocycles. The zero-order chi connectivity index (χ0) is 12.9. The highest BCUT2D eigenvalue weighted by molar-refractivity contribution is 4.99. The van der Waals surface area contributed by atoms with Crippen molar-refractivity contribution in [2.24, 2.45) is 5.84 Å². The molecule has 1 atom stereocenters. The molecule has 1 unspecified atom stereocenters. The summed E-state index contributed by atoms with van der Waals surface area (Å²) in [6.45, 7) is 1.08. The van der Waals surface area contributed by atoms with E-state index in [0.717, 1.165) is 0 Å². The van der Waals surface area contributed by atoms with Crippen LogP contribution in [0, 0.1) is 0 Å². The van der Waals surface area contributed by atoms with Crippen molar-refractivity contribution in [2.45, 2.75) is 25.7 Å². The summed E-state index contributed by atoms with van der Waals surface area (Å²) in [6.07, 6.45) is -1.05. The molecule has 1 rings (SSSR count). The maximum atomic E-state index is 11.9. The monoisotopic (exact) mass is 252 g/mol. The van der Waals surface area contributed by atoms with Crippen molar-refractivity contribution >= 4 is 0 Å². The summed E-state index contributed by atoms with van der Waals surface area (Å²) in [5.41, 5.74) is 2.39. The van der Waals surface area contributed by atoms with E-state index in [2.05, 4.69) is 15.1 Å². The molecule has 0 saturated carbocycles. The Labute approximate surface area is 96.7 Å². The van der Waals surface area contributed by atoms with Gasteiger partial charge < -0.3 is 9.30 Å². The number of nitrogens with zero attached hydrogens (tertiary/aromatic N) is 2. The highest BCUT2D eigenvalue weighted by Gasteiger charge is 2.28. The van der Waals surface area contributed by atoms with Gasteiger partial charge in [-0.2, -0.15) is 13.2 Å². The third-order valence-corrected chi connectivity index (χ3v) is 2.15. The quantitative estimate of drug-likeness (QED) is 0.585. The van der Waals surface area contributed by atoms with Crippen molar-refractivity contribution in [1.82, 2.24) is 15.0 Å². The molecule has 0 aliphatic carbocycles. The zero-order valence-corrected chi connectivity index (χ0v) is 9.37. The lowest BCUT2D eigenvalue weighted by atomic mass is 10.3. The smallest absolute Gasteiger partial charge is 0.370 e. The van der Waals surface area contributed by atoms with E-state index in [9.17, 15) is 13.2 Å². The average molecular weight is 252 g/mol. The topological polar surface area (TPSA) is 65.1 Å². The van der Waals surface area contributed by atoms with Crippen LogP contribution in [0.3, 0.4) is 0 Å². The van der Waals surface area contributed by atoms with Gasteiger partial charge in [0.25, 0.3) is 0 Å². The van der Waals surface area contributed by atoms with Crippen LogP contribution < -0.4 is 11.3 Å². The van der Waals surface area contributed by atoms with Gasteiger partial charge in [0.15, 0.2) is 0 Å². The standard InChI is InChI=1S/C9H15F3N4O/c1-2-16-4-3-14-8(16)7(15-13)5-17-6-9(10,11)12/h3-4,7,15H,2,5-6,13H2,1H3. The van der Waals surface area contributed by atoms with Gasteiger partial charge >= 0.3 is 6.18 Å². The van der Waals surface area contributed by atoms with Crippen molar-refractivity contribution in [1.29, 1.82) is 0 Å². The second-order valence-corrected chi connectivity index (χ2v) is 3.42. The Balaban J connectivity index is 2.54. The molecule has 0 amide bonds. The molecule has 1 aromatic rings. The fourth-order valence-electron chi connectivity index (χ4n) is 1.39. The molecule has 1 heterocycles. The minimum absolute atomic E-state index is 0.187. The van der Waals surface area contributed by atoms with Gasteiger partial charge in [-0.05, 0) is 6.92 Å². The van der Waals surface area contributed by atoms with Crippen molar-refractivity contribution < 1.29 is 17.9 Å². The molecule has 8 heteroatoms. The molecule has 0 bridgehead atoms. The van der Waals surface area contributed by atoms with Crippen LogP contribution in [0.2, 0.25) is 0 Å². The van der Waals surface area contributed by atoms with Gasteiger partial charge in [-0.3, -0.25) is 5.84 Å². The van der Waals surface area contributed by atoms with Gasteiger partial charge in [0.2, 0.25) is 0 Å². The first-order valence-corrected chi connectivity index (χ1v) is 5.09. The molecule has 3 N–H and O–H groups in total. The van der Waals surface area contributed by atoms with Gasteiger partial charge in [-0.1, -0.05) is 0 Å². The highest BCUT2D eigenvalue weighted by Crippen LogP contribution is 2.16. The second-order valence-electron chi connectivity index (χ2n) is 3.42. The first-order valence-electron chi connectivity index (χ1n) is 5.09. The first-order chi connectivity index (χ1) is 7.98. The Kier molecular flexibility index (Phi) is 4.91. The van der Waals surface area contributed by atoms with Gasteiger partial charge in [0.1, 0.15) is 18.5 Å². The van der Waals surface area contributed by atoms with Crippen LogP contribution in [-0.4, -0.2) is 28.9 Å². The zero-order valence-electron chi connectivity index (χ0n) is 9.37. The van der Waals surface area contributed by atoms with Crippen molar-refractivity contribution in [3.05, 3.63) is 18.2 Å². The Morgan fingerprint density at radius 1 is 1.59 bits per heavy atom. The maximum Gasteiger partial charge on any atom is 0.411 e. The summed E-state index contributed by atoms with van der Waals surface area (Å²) < 4.78 is 42.0. The number of hydrazine groups is 1. The van der Waals surface area contributed by atoms with Crippen LogP contribution in [0.1, 0.15) is 18.8 Å². The van der Waals surface area contributed by atoms with E-state index in [1.54, 1.807) is 17.0 Å². The van der Waals surface area contributed by atoms with Crippen molar-refractivity contribution in [3.63, 3.8) is 0 Å². The number of halogens is 3. The molecule has 0 spiro atoms.